The van der Waals surface area contributed by atoms with Gasteiger partial charge in [0.1, 0.15) is 5.82 Å². The second-order valence-corrected chi connectivity index (χ2v) is 5.23. The summed E-state index contributed by atoms with van der Waals surface area (Å²) in [6.07, 6.45) is 0. The van der Waals surface area contributed by atoms with Crippen LogP contribution in [0.5, 0.6) is 0 Å². The van der Waals surface area contributed by atoms with Crippen LogP contribution in [0.25, 0.3) is 11.4 Å². The Hall–Kier alpha value is -1.06. The number of nitrogens with zero attached hydrogens (tertiary/aromatic N) is 3. The molecule has 0 saturated heterocycles. The highest BCUT2D eigenvalue weighted by molar-refractivity contribution is 6.33. The van der Waals surface area contributed by atoms with Gasteiger partial charge >= 0.3 is 0 Å². The molecule has 5 heteroatoms. The molecule has 0 aliphatic heterocycles. The van der Waals surface area contributed by atoms with Crippen molar-refractivity contribution in [3.8, 4) is 11.4 Å². The first-order valence-corrected chi connectivity index (χ1v) is 6.77. The quantitative estimate of drug-likeness (QED) is 0.795. The van der Waals surface area contributed by atoms with Crippen molar-refractivity contribution in [3.63, 3.8) is 0 Å². The first-order valence-electron chi connectivity index (χ1n) is 5.86. The van der Waals surface area contributed by atoms with E-state index in [1.807, 2.05) is 28.8 Å². The third kappa shape index (κ3) is 2.68. The number of hydrogen-bond donors (Lipinski definition) is 0. The van der Waals surface area contributed by atoms with Crippen LogP contribution in [-0.2, 0) is 12.4 Å². The lowest BCUT2D eigenvalue weighted by Gasteiger charge is -2.12. The summed E-state index contributed by atoms with van der Waals surface area (Å²) < 4.78 is 2.04. The molecule has 1 aromatic heterocycles. The second kappa shape index (κ2) is 5.72. The molecule has 0 saturated carbocycles. The predicted octanol–water partition coefficient (Wildman–Crippen LogP) is 3.99. The maximum atomic E-state index is 6.21. The summed E-state index contributed by atoms with van der Waals surface area (Å²) in [5.74, 6) is 2.40. The fourth-order valence-electron chi connectivity index (χ4n) is 1.83. The van der Waals surface area contributed by atoms with Gasteiger partial charge in [0.05, 0.1) is 10.9 Å². The Balaban J connectivity index is 2.51. The van der Waals surface area contributed by atoms with Gasteiger partial charge in [0, 0.05) is 12.1 Å². The summed E-state index contributed by atoms with van der Waals surface area (Å²) in [6, 6.07) is 7.64. The van der Waals surface area contributed by atoms with Crippen molar-refractivity contribution in [2.75, 3.05) is 0 Å². The van der Waals surface area contributed by atoms with Gasteiger partial charge in [-0.1, -0.05) is 37.6 Å². The van der Waals surface area contributed by atoms with Crippen molar-refractivity contribution >= 4 is 23.2 Å². The van der Waals surface area contributed by atoms with E-state index in [0.717, 1.165) is 23.8 Å². The van der Waals surface area contributed by atoms with Crippen molar-refractivity contribution in [2.24, 2.45) is 5.92 Å². The van der Waals surface area contributed by atoms with Gasteiger partial charge in [-0.2, -0.15) is 0 Å². The van der Waals surface area contributed by atoms with Crippen LogP contribution in [0.2, 0.25) is 5.02 Å². The average Bonchev–Trinajstić information content (AvgIpc) is 2.72. The molecule has 0 unspecified atom stereocenters. The molecule has 1 heterocycles. The molecule has 3 nitrogen and oxygen atoms in total. The van der Waals surface area contributed by atoms with Gasteiger partial charge < -0.3 is 4.57 Å². The lowest BCUT2D eigenvalue weighted by Crippen LogP contribution is -2.09. The van der Waals surface area contributed by atoms with Crippen molar-refractivity contribution in [1.29, 1.82) is 0 Å². The van der Waals surface area contributed by atoms with Crippen molar-refractivity contribution in [2.45, 2.75) is 26.3 Å². The third-order valence-electron chi connectivity index (χ3n) is 2.61. The van der Waals surface area contributed by atoms with Gasteiger partial charge in [0.15, 0.2) is 5.82 Å². The number of rotatable bonds is 4. The summed E-state index contributed by atoms with van der Waals surface area (Å²) in [7, 11) is 0. The highest BCUT2D eigenvalue weighted by Gasteiger charge is 2.15. The zero-order chi connectivity index (χ0) is 13.1. The number of aromatic nitrogens is 3. The highest BCUT2D eigenvalue weighted by Crippen LogP contribution is 2.27. The number of hydrogen-bond acceptors (Lipinski definition) is 2. The first-order chi connectivity index (χ1) is 8.63. The van der Waals surface area contributed by atoms with Gasteiger partial charge in [-0.25, -0.2) is 0 Å². The van der Waals surface area contributed by atoms with E-state index in [1.165, 1.54) is 0 Å². The van der Waals surface area contributed by atoms with Crippen molar-refractivity contribution < 1.29 is 0 Å². The zero-order valence-corrected chi connectivity index (χ0v) is 11.9. The minimum Gasteiger partial charge on any atom is -0.310 e. The van der Waals surface area contributed by atoms with E-state index in [1.54, 1.807) is 0 Å². The van der Waals surface area contributed by atoms with E-state index in [2.05, 4.69) is 24.0 Å². The Morgan fingerprint density at radius 3 is 2.56 bits per heavy atom. The summed E-state index contributed by atoms with van der Waals surface area (Å²) in [6.45, 7) is 5.12. The van der Waals surface area contributed by atoms with Crippen LogP contribution >= 0.6 is 23.2 Å². The summed E-state index contributed by atoms with van der Waals surface area (Å²) in [5.41, 5.74) is 0.892. The topological polar surface area (TPSA) is 30.7 Å². The number of benzene rings is 1. The number of alkyl halides is 1. The van der Waals surface area contributed by atoms with E-state index in [0.29, 0.717) is 16.8 Å². The van der Waals surface area contributed by atoms with Gasteiger partial charge in [0.25, 0.3) is 0 Å². The van der Waals surface area contributed by atoms with Crippen LogP contribution in [0.15, 0.2) is 24.3 Å². The molecule has 0 spiro atoms. The molecule has 18 heavy (non-hydrogen) atoms. The highest BCUT2D eigenvalue weighted by atomic mass is 35.5. The molecular formula is C13H15Cl2N3. The van der Waals surface area contributed by atoms with Crippen LogP contribution in [0.1, 0.15) is 19.7 Å². The van der Waals surface area contributed by atoms with E-state index in [4.69, 9.17) is 23.2 Å². The van der Waals surface area contributed by atoms with Gasteiger partial charge in [0.2, 0.25) is 0 Å². The van der Waals surface area contributed by atoms with Crippen molar-refractivity contribution in [3.05, 3.63) is 35.1 Å². The molecule has 0 bridgehead atoms. The molecule has 2 aromatic rings. The van der Waals surface area contributed by atoms with E-state index >= 15 is 0 Å². The largest absolute Gasteiger partial charge is 0.310 e. The fraction of sp³-hybridized carbons (Fsp3) is 0.385. The zero-order valence-electron chi connectivity index (χ0n) is 10.4. The molecule has 0 N–H and O–H groups in total. The molecule has 0 amide bonds. The lowest BCUT2D eigenvalue weighted by atomic mass is 10.2. The molecule has 0 fully saturated rings. The normalized spacial score (nSPS) is 11.2. The Labute approximate surface area is 117 Å². The Morgan fingerprint density at radius 2 is 1.94 bits per heavy atom. The molecular weight excluding hydrogens is 269 g/mol. The molecule has 0 atom stereocenters. The minimum atomic E-state index is 0.351. The molecule has 0 aliphatic carbocycles. The number of halogens is 2. The van der Waals surface area contributed by atoms with E-state index in [-0.39, 0.29) is 0 Å². The van der Waals surface area contributed by atoms with Crippen molar-refractivity contribution in [1.82, 2.24) is 14.8 Å². The maximum absolute atomic E-state index is 6.21. The van der Waals surface area contributed by atoms with Crippen LogP contribution < -0.4 is 0 Å². The Kier molecular flexibility index (Phi) is 4.25. The van der Waals surface area contributed by atoms with E-state index < -0.39 is 0 Å². The smallest absolute Gasteiger partial charge is 0.165 e. The summed E-state index contributed by atoms with van der Waals surface area (Å²) in [5, 5.41) is 9.02. The van der Waals surface area contributed by atoms with Gasteiger partial charge in [-0.3, -0.25) is 0 Å². The monoisotopic (exact) mass is 283 g/mol. The molecule has 96 valence electrons. The Morgan fingerprint density at radius 1 is 1.22 bits per heavy atom. The summed E-state index contributed by atoms with van der Waals surface area (Å²) >= 11 is 12.1. The molecule has 0 radical (unpaired) electrons. The van der Waals surface area contributed by atoms with Crippen LogP contribution in [-0.4, -0.2) is 14.8 Å². The second-order valence-electron chi connectivity index (χ2n) is 4.56. The van der Waals surface area contributed by atoms with Gasteiger partial charge in [-0.15, -0.1) is 21.8 Å². The van der Waals surface area contributed by atoms with Gasteiger partial charge in [-0.05, 0) is 18.1 Å². The first kappa shape index (κ1) is 13.4. The predicted molar refractivity (Wildman–Crippen MR) is 74.9 cm³/mol. The van der Waals surface area contributed by atoms with Crippen LogP contribution in [0, 0.1) is 5.92 Å². The maximum Gasteiger partial charge on any atom is 0.165 e. The SMILES string of the molecule is CC(C)Cn1c(CCl)nnc1-c1ccccc1Cl. The average molecular weight is 284 g/mol. The fourth-order valence-corrected chi connectivity index (χ4v) is 2.25. The minimum absolute atomic E-state index is 0.351. The summed E-state index contributed by atoms with van der Waals surface area (Å²) in [4.78, 5) is 0. The van der Waals surface area contributed by atoms with Crippen LogP contribution in [0.4, 0.5) is 0 Å². The van der Waals surface area contributed by atoms with Crippen LogP contribution in [0.3, 0.4) is 0 Å². The molecule has 0 aliphatic rings. The Bertz CT molecular complexity index is 535. The molecule has 1 aromatic carbocycles. The van der Waals surface area contributed by atoms with E-state index in [9.17, 15) is 0 Å². The standard InChI is InChI=1S/C13H15Cl2N3/c1-9(2)8-18-12(7-14)16-17-13(18)10-5-3-4-6-11(10)15/h3-6,9H,7-8H2,1-2H3. The molecule has 2 rings (SSSR count). The third-order valence-corrected chi connectivity index (χ3v) is 3.18. The lowest BCUT2D eigenvalue weighted by molar-refractivity contribution is 0.515.